The van der Waals surface area contributed by atoms with Crippen molar-refractivity contribution in [3.8, 4) is 0 Å². The Hall–Kier alpha value is -1.39. The molecule has 0 radical (unpaired) electrons. The van der Waals surface area contributed by atoms with Gasteiger partial charge in [0.2, 0.25) is 5.89 Å². The van der Waals surface area contributed by atoms with Crippen LogP contribution in [0.3, 0.4) is 0 Å². The summed E-state index contributed by atoms with van der Waals surface area (Å²) in [6, 6.07) is 0. The second-order valence-corrected chi connectivity index (χ2v) is 4.77. The normalized spacial score (nSPS) is 25.4. The van der Waals surface area contributed by atoms with Gasteiger partial charge in [0.1, 0.15) is 0 Å². The number of hydrogen-bond donors (Lipinski definition) is 1. The number of nitrogens with zero attached hydrogens (tertiary/aromatic N) is 2. The third kappa shape index (κ3) is 2.59. The van der Waals surface area contributed by atoms with Crippen molar-refractivity contribution in [1.29, 1.82) is 0 Å². The number of carboxylic acid groups (broad SMARTS) is 1. The van der Waals surface area contributed by atoms with Crippen LogP contribution < -0.4 is 0 Å². The molecule has 0 saturated heterocycles. The minimum Gasteiger partial charge on any atom is -0.481 e. The third-order valence-electron chi connectivity index (χ3n) is 2.97. The van der Waals surface area contributed by atoms with Crippen molar-refractivity contribution in [2.45, 2.75) is 39.0 Å². The molecule has 0 aliphatic heterocycles. The quantitative estimate of drug-likeness (QED) is 0.825. The Balaban J connectivity index is 1.90. The number of hydrogen-bond acceptors (Lipinski definition) is 4. The van der Waals surface area contributed by atoms with Crippen molar-refractivity contribution in [3.63, 3.8) is 0 Å². The molecule has 0 amide bonds. The van der Waals surface area contributed by atoms with E-state index in [2.05, 4.69) is 17.1 Å². The Kier molecular flexibility index (Phi) is 2.94. The molecule has 1 aliphatic rings. The van der Waals surface area contributed by atoms with E-state index < -0.39 is 5.97 Å². The van der Waals surface area contributed by atoms with E-state index in [0.717, 1.165) is 12.2 Å². The van der Waals surface area contributed by atoms with Gasteiger partial charge in [-0.3, -0.25) is 4.79 Å². The fourth-order valence-electron chi connectivity index (χ4n) is 1.85. The monoisotopic (exact) mass is 224 g/mol. The predicted octanol–water partition coefficient (Wildman–Crippen LogP) is 1.85. The minimum atomic E-state index is -0.789. The van der Waals surface area contributed by atoms with E-state index in [1.54, 1.807) is 0 Å². The number of rotatable bonds is 5. The number of aliphatic carboxylic acids is 1. The van der Waals surface area contributed by atoms with E-state index in [9.17, 15) is 4.79 Å². The van der Waals surface area contributed by atoms with E-state index in [0.29, 0.717) is 24.1 Å². The van der Waals surface area contributed by atoms with Crippen LogP contribution in [0.1, 0.15) is 44.3 Å². The summed E-state index contributed by atoms with van der Waals surface area (Å²) >= 11 is 0. The van der Waals surface area contributed by atoms with Crippen molar-refractivity contribution >= 4 is 5.97 Å². The molecule has 16 heavy (non-hydrogen) atoms. The molecule has 88 valence electrons. The molecule has 1 fully saturated rings. The zero-order valence-electron chi connectivity index (χ0n) is 9.51. The molecule has 1 aromatic heterocycles. The van der Waals surface area contributed by atoms with Crippen LogP contribution in [0, 0.1) is 11.8 Å². The highest BCUT2D eigenvalue weighted by atomic mass is 16.5. The van der Waals surface area contributed by atoms with Crippen LogP contribution in [0.25, 0.3) is 0 Å². The predicted molar refractivity (Wildman–Crippen MR) is 55.9 cm³/mol. The van der Waals surface area contributed by atoms with Crippen molar-refractivity contribution in [3.05, 3.63) is 11.7 Å². The lowest BCUT2D eigenvalue weighted by molar-refractivity contribution is -0.137. The Morgan fingerprint density at radius 3 is 2.94 bits per heavy atom. The molecule has 5 heteroatoms. The fourth-order valence-corrected chi connectivity index (χ4v) is 1.85. The van der Waals surface area contributed by atoms with Crippen LogP contribution in [0.4, 0.5) is 0 Å². The maximum absolute atomic E-state index is 10.5. The van der Waals surface area contributed by atoms with E-state index in [4.69, 9.17) is 9.63 Å². The lowest BCUT2D eigenvalue weighted by Gasteiger charge is -2.03. The van der Waals surface area contributed by atoms with Gasteiger partial charge in [-0.2, -0.15) is 4.98 Å². The molecule has 0 spiro atoms. The molecule has 0 bridgehead atoms. The number of aromatic nitrogens is 2. The van der Waals surface area contributed by atoms with Crippen molar-refractivity contribution < 1.29 is 14.4 Å². The van der Waals surface area contributed by atoms with Crippen molar-refractivity contribution in [2.75, 3.05) is 0 Å². The lowest BCUT2D eigenvalue weighted by Crippen LogP contribution is -2.07. The molecule has 3 atom stereocenters. The smallest absolute Gasteiger partial charge is 0.303 e. The summed E-state index contributed by atoms with van der Waals surface area (Å²) in [5.41, 5.74) is 0. The topological polar surface area (TPSA) is 76.2 Å². The van der Waals surface area contributed by atoms with Crippen LogP contribution >= 0.6 is 0 Å². The lowest BCUT2D eigenvalue weighted by atomic mass is 10.0. The standard InChI is InChI=1S/C11H16N2O3/c1-6(4-10(14)15)3-9-12-11(13-16-9)8-5-7(8)2/h6-8H,3-5H2,1-2H3,(H,14,15). The minimum absolute atomic E-state index is 0.0300. The van der Waals surface area contributed by atoms with Gasteiger partial charge < -0.3 is 9.63 Å². The molecule has 1 saturated carbocycles. The third-order valence-corrected chi connectivity index (χ3v) is 2.97. The van der Waals surface area contributed by atoms with Gasteiger partial charge in [-0.15, -0.1) is 0 Å². The van der Waals surface area contributed by atoms with Gasteiger partial charge in [-0.05, 0) is 18.3 Å². The van der Waals surface area contributed by atoms with E-state index >= 15 is 0 Å². The second kappa shape index (κ2) is 4.23. The first-order chi connectivity index (χ1) is 7.56. The number of carbonyl (C=O) groups is 1. The van der Waals surface area contributed by atoms with Crippen molar-refractivity contribution in [1.82, 2.24) is 10.1 Å². The van der Waals surface area contributed by atoms with Crippen LogP contribution in [0.2, 0.25) is 0 Å². The van der Waals surface area contributed by atoms with E-state index in [-0.39, 0.29) is 12.3 Å². The molecule has 1 N–H and O–H groups in total. The van der Waals surface area contributed by atoms with E-state index in [1.165, 1.54) is 0 Å². The summed E-state index contributed by atoms with van der Waals surface area (Å²) in [6.45, 7) is 4.03. The molecule has 1 heterocycles. The summed E-state index contributed by atoms with van der Waals surface area (Å²) in [4.78, 5) is 14.8. The first-order valence-corrected chi connectivity index (χ1v) is 5.60. The molecule has 0 aromatic carbocycles. The molecule has 1 aliphatic carbocycles. The first-order valence-electron chi connectivity index (χ1n) is 5.60. The van der Waals surface area contributed by atoms with Crippen LogP contribution in [0.15, 0.2) is 4.52 Å². The zero-order chi connectivity index (χ0) is 11.7. The summed E-state index contributed by atoms with van der Waals surface area (Å²) in [7, 11) is 0. The van der Waals surface area contributed by atoms with E-state index in [1.807, 2.05) is 6.92 Å². The van der Waals surface area contributed by atoms with Gasteiger partial charge in [-0.25, -0.2) is 0 Å². The Morgan fingerprint density at radius 2 is 2.38 bits per heavy atom. The van der Waals surface area contributed by atoms with Gasteiger partial charge in [0, 0.05) is 18.8 Å². The maximum Gasteiger partial charge on any atom is 0.303 e. The highest BCUT2D eigenvalue weighted by Crippen LogP contribution is 2.45. The van der Waals surface area contributed by atoms with Crippen molar-refractivity contribution in [2.24, 2.45) is 11.8 Å². The largest absolute Gasteiger partial charge is 0.481 e. The molecule has 5 nitrogen and oxygen atoms in total. The van der Waals surface area contributed by atoms with Gasteiger partial charge in [0.05, 0.1) is 0 Å². The Bertz CT molecular complexity index is 388. The van der Waals surface area contributed by atoms with Gasteiger partial charge in [0.15, 0.2) is 5.82 Å². The summed E-state index contributed by atoms with van der Waals surface area (Å²) < 4.78 is 5.11. The maximum atomic E-state index is 10.5. The zero-order valence-corrected chi connectivity index (χ0v) is 9.51. The van der Waals surface area contributed by atoms with Crippen LogP contribution in [-0.2, 0) is 11.2 Å². The average Bonchev–Trinajstić information content (AvgIpc) is 2.73. The van der Waals surface area contributed by atoms with Gasteiger partial charge >= 0.3 is 5.97 Å². The molecular weight excluding hydrogens is 208 g/mol. The Morgan fingerprint density at radius 1 is 1.69 bits per heavy atom. The van der Waals surface area contributed by atoms with Gasteiger partial charge in [0.25, 0.3) is 0 Å². The average molecular weight is 224 g/mol. The molecule has 3 unspecified atom stereocenters. The second-order valence-electron chi connectivity index (χ2n) is 4.77. The summed E-state index contributed by atoms with van der Waals surface area (Å²) in [5.74, 6) is 1.69. The van der Waals surface area contributed by atoms with Gasteiger partial charge in [-0.1, -0.05) is 19.0 Å². The Labute approximate surface area is 93.9 Å². The SMILES string of the molecule is CC(CC(=O)O)Cc1nc(C2CC2C)no1. The fraction of sp³-hybridized carbons (Fsp3) is 0.727. The van der Waals surface area contributed by atoms with Crippen LogP contribution in [-0.4, -0.2) is 21.2 Å². The molecule has 2 rings (SSSR count). The highest BCUT2D eigenvalue weighted by Gasteiger charge is 2.38. The molecule has 1 aromatic rings. The molecular formula is C11H16N2O3. The summed E-state index contributed by atoms with van der Waals surface area (Å²) in [6.07, 6.45) is 1.81. The summed E-state index contributed by atoms with van der Waals surface area (Å²) in [5, 5.41) is 12.6. The highest BCUT2D eigenvalue weighted by molar-refractivity contribution is 5.66. The first kappa shape index (κ1) is 11.1. The van der Waals surface area contributed by atoms with Crippen LogP contribution in [0.5, 0.6) is 0 Å². The number of carboxylic acids is 1.